The van der Waals surface area contributed by atoms with Crippen LogP contribution in [-0.4, -0.2) is 45.8 Å². The number of carbonyl (C=O) groups excluding carboxylic acids is 1. The SMILES string of the molecule is COc1ccc(Cn2c3ncc4c(c3c[n+]2C)CCN(C(=O)C(CCCO)c2ccccc2)C4)cc1. The Labute approximate surface area is 211 Å². The average molecular weight is 486 g/mol. The fraction of sp³-hybridized carbons (Fsp3) is 0.345. The van der Waals surface area contributed by atoms with Gasteiger partial charge in [0, 0.05) is 25.9 Å². The number of benzene rings is 2. The molecule has 0 bridgehead atoms. The van der Waals surface area contributed by atoms with E-state index < -0.39 is 0 Å². The highest BCUT2D eigenvalue weighted by Gasteiger charge is 2.30. The molecule has 0 saturated heterocycles. The van der Waals surface area contributed by atoms with Crippen molar-refractivity contribution in [2.45, 2.75) is 38.3 Å². The number of hydrogen-bond donors (Lipinski definition) is 1. The number of nitrogens with zero attached hydrogens (tertiary/aromatic N) is 4. The van der Waals surface area contributed by atoms with E-state index in [2.05, 4.69) is 27.7 Å². The van der Waals surface area contributed by atoms with Crippen molar-refractivity contribution in [1.82, 2.24) is 14.6 Å². The van der Waals surface area contributed by atoms with Gasteiger partial charge in [0.1, 0.15) is 12.3 Å². The third kappa shape index (κ3) is 4.71. The molecule has 7 nitrogen and oxygen atoms in total. The first-order valence-corrected chi connectivity index (χ1v) is 12.5. The van der Waals surface area contributed by atoms with Crippen LogP contribution in [0.25, 0.3) is 11.0 Å². The van der Waals surface area contributed by atoms with E-state index in [9.17, 15) is 9.90 Å². The van der Waals surface area contributed by atoms with Gasteiger partial charge >= 0.3 is 0 Å². The lowest BCUT2D eigenvalue weighted by atomic mass is 9.91. The third-order valence-electron chi connectivity index (χ3n) is 7.18. The van der Waals surface area contributed by atoms with Crippen molar-refractivity contribution in [2.75, 3.05) is 20.3 Å². The summed E-state index contributed by atoms with van der Waals surface area (Å²) in [6, 6.07) is 18.0. The molecule has 2 aromatic heterocycles. The topological polar surface area (TPSA) is 71.5 Å². The molecular formula is C29H33N4O3+. The van der Waals surface area contributed by atoms with Gasteiger partial charge in [-0.2, -0.15) is 0 Å². The number of amides is 1. The van der Waals surface area contributed by atoms with Crippen molar-refractivity contribution >= 4 is 16.9 Å². The number of ether oxygens (including phenoxy) is 1. The maximum Gasteiger partial charge on any atom is 0.230 e. The second-order valence-electron chi connectivity index (χ2n) is 9.45. The zero-order valence-electron chi connectivity index (χ0n) is 20.9. The fourth-order valence-corrected chi connectivity index (χ4v) is 5.22. The van der Waals surface area contributed by atoms with Crippen LogP contribution in [0.4, 0.5) is 0 Å². The van der Waals surface area contributed by atoms with E-state index in [1.54, 1.807) is 7.11 Å². The number of fused-ring (bicyclic) bond motifs is 3. The Morgan fingerprint density at radius 2 is 1.94 bits per heavy atom. The summed E-state index contributed by atoms with van der Waals surface area (Å²) >= 11 is 0. The number of aryl methyl sites for hydroxylation is 1. The lowest BCUT2D eigenvalue weighted by Crippen LogP contribution is -2.39. The number of rotatable bonds is 8. The molecule has 0 fully saturated rings. The fourth-order valence-electron chi connectivity index (χ4n) is 5.22. The molecule has 1 N–H and O–H groups in total. The van der Waals surface area contributed by atoms with E-state index in [0.717, 1.165) is 34.3 Å². The molecule has 1 amide bonds. The Morgan fingerprint density at radius 1 is 1.17 bits per heavy atom. The van der Waals surface area contributed by atoms with Gasteiger partial charge in [-0.25, -0.2) is 4.98 Å². The molecule has 36 heavy (non-hydrogen) atoms. The molecular weight excluding hydrogens is 452 g/mol. The summed E-state index contributed by atoms with van der Waals surface area (Å²) in [7, 11) is 3.72. The molecule has 4 aromatic rings. The van der Waals surface area contributed by atoms with Crippen molar-refractivity contribution in [1.29, 1.82) is 0 Å². The number of carbonyl (C=O) groups is 1. The zero-order valence-corrected chi connectivity index (χ0v) is 20.9. The minimum Gasteiger partial charge on any atom is -0.497 e. The summed E-state index contributed by atoms with van der Waals surface area (Å²) in [4.78, 5) is 20.4. The highest BCUT2D eigenvalue weighted by atomic mass is 16.5. The Hall–Kier alpha value is -3.71. The first-order chi connectivity index (χ1) is 17.6. The van der Waals surface area contributed by atoms with Gasteiger partial charge in [0.05, 0.1) is 18.4 Å². The predicted octanol–water partition coefficient (Wildman–Crippen LogP) is 3.36. The van der Waals surface area contributed by atoms with Crippen molar-refractivity contribution in [3.63, 3.8) is 0 Å². The van der Waals surface area contributed by atoms with Gasteiger partial charge in [0.25, 0.3) is 0 Å². The molecule has 0 saturated carbocycles. The summed E-state index contributed by atoms with van der Waals surface area (Å²) in [5, 5.41) is 10.5. The molecule has 0 spiro atoms. The molecule has 0 aliphatic carbocycles. The molecule has 0 radical (unpaired) electrons. The van der Waals surface area contributed by atoms with Crippen molar-refractivity contribution in [3.8, 4) is 5.75 Å². The van der Waals surface area contributed by atoms with Crippen molar-refractivity contribution < 1.29 is 19.3 Å². The number of pyridine rings is 1. The van der Waals surface area contributed by atoms with E-state index in [0.29, 0.717) is 32.5 Å². The van der Waals surface area contributed by atoms with E-state index in [-0.39, 0.29) is 18.4 Å². The summed E-state index contributed by atoms with van der Waals surface area (Å²) in [6.07, 6.45) is 6.14. The molecule has 1 atom stereocenters. The van der Waals surface area contributed by atoms with Crippen LogP contribution >= 0.6 is 0 Å². The quantitative estimate of drug-likeness (QED) is 0.389. The van der Waals surface area contributed by atoms with Gasteiger partial charge in [-0.05, 0) is 53.6 Å². The van der Waals surface area contributed by atoms with E-state index in [4.69, 9.17) is 9.72 Å². The van der Waals surface area contributed by atoms with Gasteiger partial charge in [-0.15, -0.1) is 9.36 Å². The highest BCUT2D eigenvalue weighted by Crippen LogP contribution is 2.30. The van der Waals surface area contributed by atoms with Crippen LogP contribution in [0.3, 0.4) is 0 Å². The minimum atomic E-state index is -0.236. The molecule has 1 unspecified atom stereocenters. The summed E-state index contributed by atoms with van der Waals surface area (Å²) in [5.41, 5.74) is 5.53. The summed E-state index contributed by atoms with van der Waals surface area (Å²) in [6.45, 7) is 2.05. The van der Waals surface area contributed by atoms with Crippen LogP contribution in [0, 0.1) is 0 Å². The van der Waals surface area contributed by atoms with Crippen LogP contribution < -0.4 is 9.42 Å². The smallest absolute Gasteiger partial charge is 0.230 e. The second-order valence-corrected chi connectivity index (χ2v) is 9.45. The third-order valence-corrected chi connectivity index (χ3v) is 7.18. The predicted molar refractivity (Wildman–Crippen MR) is 138 cm³/mol. The Bertz CT molecular complexity index is 1350. The standard InChI is InChI=1S/C29H33N4O3/c1-31-20-27-25-14-15-32(29(35)26(9-6-16-34)22-7-4-3-5-8-22)19-23(25)17-30-28(27)33(31)18-21-10-12-24(36-2)13-11-21/h3-5,7-8,10-13,17,20,26,34H,6,9,14-16,18-19H2,1-2H3/q+1. The Kier molecular flexibility index (Phi) is 7.00. The van der Waals surface area contributed by atoms with E-state index in [1.807, 2.05) is 60.6 Å². The zero-order chi connectivity index (χ0) is 25.1. The van der Waals surface area contributed by atoms with Crippen molar-refractivity contribution in [2.24, 2.45) is 7.05 Å². The largest absolute Gasteiger partial charge is 0.497 e. The van der Waals surface area contributed by atoms with Crippen LogP contribution in [0.15, 0.2) is 67.0 Å². The van der Waals surface area contributed by atoms with Crippen LogP contribution in [0.2, 0.25) is 0 Å². The minimum absolute atomic E-state index is 0.0892. The van der Waals surface area contributed by atoms with Gasteiger partial charge in [0.2, 0.25) is 17.8 Å². The highest BCUT2D eigenvalue weighted by molar-refractivity contribution is 5.85. The van der Waals surface area contributed by atoms with Gasteiger partial charge in [-0.1, -0.05) is 42.5 Å². The summed E-state index contributed by atoms with van der Waals surface area (Å²) in [5.74, 6) is 0.737. The summed E-state index contributed by atoms with van der Waals surface area (Å²) < 4.78 is 9.55. The number of aromatic nitrogens is 3. The lowest BCUT2D eigenvalue weighted by molar-refractivity contribution is -0.750. The second kappa shape index (κ2) is 10.5. The monoisotopic (exact) mass is 485 g/mol. The average Bonchev–Trinajstić information content (AvgIpc) is 3.24. The Morgan fingerprint density at radius 3 is 2.67 bits per heavy atom. The maximum atomic E-state index is 13.6. The van der Waals surface area contributed by atoms with Crippen LogP contribution in [-0.2, 0) is 31.4 Å². The number of aliphatic hydroxyl groups excluding tert-OH is 1. The molecule has 5 rings (SSSR count). The molecule has 7 heteroatoms. The molecule has 1 aliphatic heterocycles. The molecule has 3 heterocycles. The number of hydrogen-bond acceptors (Lipinski definition) is 4. The van der Waals surface area contributed by atoms with Crippen LogP contribution in [0.1, 0.15) is 41.0 Å². The number of aliphatic hydroxyl groups is 1. The van der Waals surface area contributed by atoms with E-state index >= 15 is 0 Å². The van der Waals surface area contributed by atoms with Gasteiger partial charge in [0.15, 0.2) is 7.05 Å². The van der Waals surface area contributed by atoms with Crippen molar-refractivity contribution in [3.05, 3.63) is 89.2 Å². The normalized spacial score (nSPS) is 14.0. The first kappa shape index (κ1) is 24.0. The molecule has 186 valence electrons. The van der Waals surface area contributed by atoms with Gasteiger partial charge in [-0.3, -0.25) is 4.79 Å². The molecule has 2 aromatic carbocycles. The number of methoxy groups -OCH3 is 1. The lowest BCUT2D eigenvalue weighted by Gasteiger charge is -2.32. The van der Waals surface area contributed by atoms with E-state index in [1.165, 1.54) is 11.1 Å². The molecule has 1 aliphatic rings. The maximum absolute atomic E-state index is 13.6. The first-order valence-electron chi connectivity index (χ1n) is 12.5. The van der Waals surface area contributed by atoms with Gasteiger partial charge < -0.3 is 14.7 Å². The Balaban J connectivity index is 1.39. The van der Waals surface area contributed by atoms with Crippen LogP contribution in [0.5, 0.6) is 5.75 Å².